The molecule has 2 rings (SSSR count). The molecule has 1 aliphatic heterocycles. The van der Waals surface area contributed by atoms with Gasteiger partial charge in [0, 0.05) is 42.9 Å². The summed E-state index contributed by atoms with van der Waals surface area (Å²) in [7, 11) is -1.50. The van der Waals surface area contributed by atoms with Crippen LogP contribution in [0.4, 0.5) is 16.2 Å². The number of sulfone groups is 1. The van der Waals surface area contributed by atoms with Crippen LogP contribution in [0.2, 0.25) is 0 Å². The molecule has 0 saturated carbocycles. The summed E-state index contributed by atoms with van der Waals surface area (Å²) in [5.41, 5.74) is 2.07. The van der Waals surface area contributed by atoms with Gasteiger partial charge in [0.15, 0.2) is 9.84 Å². The van der Waals surface area contributed by atoms with Crippen LogP contribution < -0.4 is 10.2 Å². The van der Waals surface area contributed by atoms with E-state index in [0.29, 0.717) is 11.3 Å². The summed E-state index contributed by atoms with van der Waals surface area (Å²) in [4.78, 5) is 13.6. The number of ether oxygens (including phenoxy) is 1. The van der Waals surface area contributed by atoms with Gasteiger partial charge in [-0.2, -0.15) is 0 Å². The summed E-state index contributed by atoms with van der Waals surface area (Å²) in [6.45, 7) is 3.55. The molecule has 2 N–H and O–H groups in total. The van der Waals surface area contributed by atoms with Gasteiger partial charge in [0.25, 0.3) is 0 Å². The summed E-state index contributed by atoms with van der Waals surface area (Å²) in [6, 6.07) is 5.28. The highest BCUT2D eigenvalue weighted by atomic mass is 32.2. The first-order valence-corrected chi connectivity index (χ1v) is 9.48. The van der Waals surface area contributed by atoms with E-state index >= 15 is 0 Å². The van der Waals surface area contributed by atoms with Gasteiger partial charge >= 0.3 is 6.09 Å². The zero-order chi connectivity index (χ0) is 18.1. The maximum Gasteiger partial charge on any atom is 0.414 e. The molecule has 1 heterocycles. The van der Waals surface area contributed by atoms with Crippen LogP contribution in [0, 0.1) is 5.41 Å². The Bertz CT molecular complexity index is 759. The van der Waals surface area contributed by atoms with Gasteiger partial charge in [-0.15, -0.1) is 0 Å². The Labute approximate surface area is 142 Å². The summed E-state index contributed by atoms with van der Waals surface area (Å²) in [5, 5.41) is 10.4. The number of nitrogens with one attached hydrogen (secondary N) is 2. The summed E-state index contributed by atoms with van der Waals surface area (Å²) in [6.07, 6.45) is 1.64. The lowest BCUT2D eigenvalue weighted by Gasteiger charge is -2.24. The van der Waals surface area contributed by atoms with Crippen molar-refractivity contribution in [2.75, 3.05) is 30.1 Å². The van der Waals surface area contributed by atoms with Gasteiger partial charge in [0.1, 0.15) is 6.10 Å². The van der Waals surface area contributed by atoms with Gasteiger partial charge in [0.05, 0.1) is 11.3 Å². The van der Waals surface area contributed by atoms with Crippen LogP contribution >= 0.6 is 0 Å². The molecular formula is C16H23N3O4S. The molecule has 1 aromatic rings. The van der Waals surface area contributed by atoms with Gasteiger partial charge in [0.2, 0.25) is 0 Å². The Morgan fingerprint density at radius 1 is 1.46 bits per heavy atom. The molecule has 1 amide bonds. The Balaban J connectivity index is 2.20. The third kappa shape index (κ3) is 3.53. The Kier molecular flexibility index (Phi) is 4.89. The van der Waals surface area contributed by atoms with Crippen LogP contribution in [0.5, 0.6) is 0 Å². The summed E-state index contributed by atoms with van der Waals surface area (Å²) >= 11 is 0. The fourth-order valence-corrected chi connectivity index (χ4v) is 3.09. The standard InChI is InChI=1S/C16H23N3O4S/c1-16(2,24(4,21)22)8-13-10-19(15(20)23-13)12-5-6-14(18-3)11(7-12)9-17/h5-7,9,13,17-18H,8,10H2,1-4H3. The number of amides is 1. The lowest BCUT2D eigenvalue weighted by Crippen LogP contribution is -2.36. The average Bonchev–Trinajstić information content (AvgIpc) is 2.85. The minimum absolute atomic E-state index is 0.236. The van der Waals surface area contributed by atoms with E-state index in [1.807, 2.05) is 0 Å². The first-order valence-electron chi connectivity index (χ1n) is 7.59. The van der Waals surface area contributed by atoms with E-state index in [2.05, 4.69) is 5.32 Å². The first-order chi connectivity index (χ1) is 11.1. The SMILES string of the molecule is CNc1ccc(N2CC(CC(C)(C)S(C)(=O)=O)OC2=O)cc1C=N. The van der Waals surface area contributed by atoms with Crippen molar-refractivity contribution in [2.24, 2.45) is 0 Å². The van der Waals surface area contributed by atoms with Crippen LogP contribution in [-0.4, -0.2) is 51.4 Å². The number of nitrogens with zero attached hydrogens (tertiary/aromatic N) is 1. The Morgan fingerprint density at radius 2 is 2.12 bits per heavy atom. The van der Waals surface area contributed by atoms with E-state index in [1.54, 1.807) is 39.1 Å². The van der Waals surface area contributed by atoms with Crippen molar-refractivity contribution in [1.82, 2.24) is 0 Å². The maximum atomic E-state index is 12.2. The number of carbonyl (C=O) groups excluding carboxylic acids is 1. The monoisotopic (exact) mass is 353 g/mol. The summed E-state index contributed by atoms with van der Waals surface area (Å²) < 4.78 is 28.1. The van der Waals surface area contributed by atoms with Crippen molar-refractivity contribution < 1.29 is 17.9 Å². The molecule has 8 heteroatoms. The fourth-order valence-electron chi connectivity index (χ4n) is 2.60. The van der Waals surface area contributed by atoms with Crippen LogP contribution in [0.25, 0.3) is 0 Å². The highest BCUT2D eigenvalue weighted by molar-refractivity contribution is 7.92. The van der Waals surface area contributed by atoms with Gasteiger partial charge in [-0.25, -0.2) is 13.2 Å². The van der Waals surface area contributed by atoms with Crippen LogP contribution in [-0.2, 0) is 14.6 Å². The zero-order valence-corrected chi connectivity index (χ0v) is 15.1. The predicted molar refractivity (Wildman–Crippen MR) is 95.0 cm³/mol. The topological polar surface area (TPSA) is 99.6 Å². The lowest BCUT2D eigenvalue weighted by atomic mass is 10.0. The number of rotatable bonds is 6. The fraction of sp³-hybridized carbons (Fsp3) is 0.500. The molecule has 1 aromatic carbocycles. The molecule has 1 atom stereocenters. The molecule has 1 unspecified atom stereocenters. The van der Waals surface area contributed by atoms with E-state index in [0.717, 1.165) is 5.69 Å². The van der Waals surface area contributed by atoms with Crippen molar-refractivity contribution >= 4 is 33.5 Å². The lowest BCUT2D eigenvalue weighted by molar-refractivity contribution is 0.131. The molecule has 1 fully saturated rings. The molecule has 132 valence electrons. The third-order valence-corrected chi connectivity index (χ3v) is 6.54. The molecule has 1 aliphatic rings. The number of benzene rings is 1. The van der Waals surface area contributed by atoms with E-state index in [9.17, 15) is 13.2 Å². The largest absolute Gasteiger partial charge is 0.444 e. The second-order valence-corrected chi connectivity index (χ2v) is 9.17. The molecule has 7 nitrogen and oxygen atoms in total. The smallest absolute Gasteiger partial charge is 0.414 e. The number of anilines is 2. The number of cyclic esters (lactones) is 1. The van der Waals surface area contributed by atoms with Crippen LogP contribution in [0.15, 0.2) is 18.2 Å². The van der Waals surface area contributed by atoms with Gasteiger partial charge < -0.3 is 15.5 Å². The molecule has 0 spiro atoms. The van der Waals surface area contributed by atoms with E-state index in [-0.39, 0.29) is 13.0 Å². The number of carbonyl (C=O) groups is 1. The maximum absolute atomic E-state index is 12.2. The van der Waals surface area contributed by atoms with Crippen molar-refractivity contribution in [2.45, 2.75) is 31.1 Å². The predicted octanol–water partition coefficient (Wildman–Crippen LogP) is 2.26. The molecule has 0 aliphatic carbocycles. The van der Waals surface area contributed by atoms with Crippen molar-refractivity contribution in [3.05, 3.63) is 23.8 Å². The van der Waals surface area contributed by atoms with Gasteiger partial charge in [-0.3, -0.25) is 4.90 Å². The van der Waals surface area contributed by atoms with Gasteiger partial charge in [-0.05, 0) is 32.0 Å². The molecular weight excluding hydrogens is 330 g/mol. The van der Waals surface area contributed by atoms with Crippen LogP contribution in [0.1, 0.15) is 25.8 Å². The van der Waals surface area contributed by atoms with Crippen molar-refractivity contribution in [3.8, 4) is 0 Å². The number of hydrogen-bond acceptors (Lipinski definition) is 6. The highest BCUT2D eigenvalue weighted by Gasteiger charge is 2.40. The quantitative estimate of drug-likeness (QED) is 0.764. The molecule has 0 bridgehead atoms. The third-order valence-electron chi connectivity index (χ3n) is 4.37. The molecule has 24 heavy (non-hydrogen) atoms. The second kappa shape index (κ2) is 6.43. The summed E-state index contributed by atoms with van der Waals surface area (Å²) in [5.74, 6) is 0. The normalized spacial score (nSPS) is 18.4. The van der Waals surface area contributed by atoms with E-state index in [4.69, 9.17) is 10.1 Å². The highest BCUT2D eigenvalue weighted by Crippen LogP contribution is 2.30. The number of hydrogen-bond donors (Lipinski definition) is 2. The van der Waals surface area contributed by atoms with Crippen molar-refractivity contribution in [3.63, 3.8) is 0 Å². The Hall–Kier alpha value is -2.09. The van der Waals surface area contributed by atoms with Crippen molar-refractivity contribution in [1.29, 1.82) is 5.41 Å². The van der Waals surface area contributed by atoms with E-state index < -0.39 is 26.8 Å². The minimum Gasteiger partial charge on any atom is -0.444 e. The zero-order valence-electron chi connectivity index (χ0n) is 14.3. The molecule has 0 radical (unpaired) electrons. The average molecular weight is 353 g/mol. The molecule has 0 aromatic heterocycles. The Morgan fingerprint density at radius 3 is 2.67 bits per heavy atom. The van der Waals surface area contributed by atoms with E-state index in [1.165, 1.54) is 17.4 Å². The van der Waals surface area contributed by atoms with Gasteiger partial charge in [-0.1, -0.05) is 0 Å². The molecule has 1 saturated heterocycles. The minimum atomic E-state index is -3.26. The second-order valence-electron chi connectivity index (χ2n) is 6.52. The van der Waals surface area contributed by atoms with Crippen LogP contribution in [0.3, 0.4) is 0 Å². The first kappa shape index (κ1) is 18.3.